The highest BCUT2D eigenvalue weighted by Gasteiger charge is 2.09. The number of methoxy groups -OCH3 is 1. The summed E-state index contributed by atoms with van der Waals surface area (Å²) in [6, 6.07) is 13.8. The number of nitrogens with one attached hydrogen (secondary N) is 1. The van der Waals surface area contributed by atoms with Crippen LogP contribution in [-0.2, 0) is 6.42 Å². The maximum absolute atomic E-state index is 12.2. The normalized spacial score (nSPS) is 10.8. The number of ether oxygens (including phenoxy) is 2. The molecule has 6 nitrogen and oxygen atoms in total. The van der Waals surface area contributed by atoms with Crippen molar-refractivity contribution in [2.45, 2.75) is 13.0 Å². The van der Waals surface area contributed by atoms with Gasteiger partial charge in [0.25, 0.3) is 0 Å². The van der Waals surface area contributed by atoms with Crippen LogP contribution in [0, 0.1) is 0 Å². The van der Waals surface area contributed by atoms with Crippen molar-refractivity contribution < 1.29 is 18.3 Å². The summed E-state index contributed by atoms with van der Waals surface area (Å²) < 4.78 is 33.8. The van der Waals surface area contributed by atoms with E-state index >= 15 is 0 Å². The molecule has 1 heterocycles. The zero-order valence-electron chi connectivity index (χ0n) is 14.9. The second-order valence-corrected chi connectivity index (χ2v) is 6.11. The van der Waals surface area contributed by atoms with Crippen LogP contribution in [0.15, 0.2) is 48.5 Å². The lowest BCUT2D eigenvalue weighted by Gasteiger charge is -2.09. The van der Waals surface area contributed by atoms with Gasteiger partial charge in [0.15, 0.2) is 5.82 Å². The molecular formula is C19H17ClF2N4O2. The van der Waals surface area contributed by atoms with Gasteiger partial charge in [0.2, 0.25) is 5.95 Å². The van der Waals surface area contributed by atoms with Gasteiger partial charge in [-0.3, -0.25) is 0 Å². The van der Waals surface area contributed by atoms with Gasteiger partial charge in [-0.2, -0.15) is 23.7 Å². The summed E-state index contributed by atoms with van der Waals surface area (Å²) >= 11 is 5.91. The number of benzene rings is 2. The average molecular weight is 407 g/mol. The lowest BCUT2D eigenvalue weighted by Crippen LogP contribution is -2.10. The molecule has 0 aliphatic heterocycles. The Bertz CT molecular complexity index is 909. The molecule has 0 unspecified atom stereocenters. The van der Waals surface area contributed by atoms with Crippen molar-refractivity contribution in [1.82, 2.24) is 15.0 Å². The molecule has 0 bridgehead atoms. The maximum Gasteiger partial charge on any atom is 0.387 e. The molecule has 1 aromatic heterocycles. The SMILES string of the molecule is COc1nc(NCCc2ccc(OC(F)F)cc2)nc(-c2ccc(Cl)cc2)n1. The number of halogens is 3. The number of hydrogen-bond donors (Lipinski definition) is 1. The second kappa shape index (κ2) is 9.27. The summed E-state index contributed by atoms with van der Waals surface area (Å²) in [7, 11) is 1.48. The van der Waals surface area contributed by atoms with Gasteiger partial charge in [-0.25, -0.2) is 0 Å². The Morgan fingerprint density at radius 1 is 1.00 bits per heavy atom. The zero-order valence-corrected chi connectivity index (χ0v) is 15.7. The van der Waals surface area contributed by atoms with E-state index in [-0.39, 0.29) is 11.8 Å². The predicted octanol–water partition coefficient (Wildman–Crippen LogP) is 4.46. The fourth-order valence-corrected chi connectivity index (χ4v) is 2.54. The van der Waals surface area contributed by atoms with E-state index in [0.717, 1.165) is 11.1 Å². The van der Waals surface area contributed by atoms with Crippen molar-refractivity contribution in [2.24, 2.45) is 0 Å². The second-order valence-electron chi connectivity index (χ2n) is 5.68. The topological polar surface area (TPSA) is 69.2 Å². The molecule has 1 N–H and O–H groups in total. The fraction of sp³-hybridized carbons (Fsp3) is 0.211. The van der Waals surface area contributed by atoms with E-state index in [2.05, 4.69) is 25.0 Å². The molecule has 0 fully saturated rings. The lowest BCUT2D eigenvalue weighted by atomic mass is 10.1. The molecule has 0 aliphatic rings. The standard InChI is InChI=1S/C19H17ClF2N4O2/c1-27-19-25-16(13-4-6-14(20)7-5-13)24-18(26-19)23-11-10-12-2-8-15(9-3-12)28-17(21)22/h2-9,17H,10-11H2,1H3,(H,23,24,25,26). The minimum Gasteiger partial charge on any atom is -0.467 e. The largest absolute Gasteiger partial charge is 0.467 e. The van der Waals surface area contributed by atoms with Gasteiger partial charge in [0.1, 0.15) is 5.75 Å². The van der Waals surface area contributed by atoms with E-state index in [0.29, 0.717) is 29.8 Å². The third-order valence-electron chi connectivity index (χ3n) is 3.75. The summed E-state index contributed by atoms with van der Waals surface area (Å²) in [4.78, 5) is 12.8. The molecule has 9 heteroatoms. The Morgan fingerprint density at radius 3 is 2.36 bits per heavy atom. The molecule has 0 saturated heterocycles. The molecule has 28 heavy (non-hydrogen) atoms. The lowest BCUT2D eigenvalue weighted by molar-refractivity contribution is -0.0498. The van der Waals surface area contributed by atoms with Gasteiger partial charge in [0.05, 0.1) is 7.11 Å². The molecule has 0 aliphatic carbocycles. The Kier molecular flexibility index (Phi) is 6.54. The molecule has 0 amide bonds. The van der Waals surface area contributed by atoms with Crippen molar-refractivity contribution in [3.05, 3.63) is 59.1 Å². The van der Waals surface area contributed by atoms with Crippen LogP contribution < -0.4 is 14.8 Å². The van der Waals surface area contributed by atoms with Gasteiger partial charge in [-0.05, 0) is 48.4 Å². The first-order valence-corrected chi connectivity index (χ1v) is 8.75. The van der Waals surface area contributed by atoms with E-state index in [1.165, 1.54) is 19.2 Å². The molecule has 0 atom stereocenters. The van der Waals surface area contributed by atoms with Crippen LogP contribution in [0.4, 0.5) is 14.7 Å². The molecule has 146 valence electrons. The van der Waals surface area contributed by atoms with E-state index in [9.17, 15) is 8.78 Å². The van der Waals surface area contributed by atoms with Crippen LogP contribution in [-0.4, -0.2) is 35.2 Å². The Hall–Kier alpha value is -3.00. The highest BCUT2D eigenvalue weighted by atomic mass is 35.5. The summed E-state index contributed by atoms with van der Waals surface area (Å²) in [5.74, 6) is 0.954. The zero-order chi connectivity index (χ0) is 19.9. The summed E-state index contributed by atoms with van der Waals surface area (Å²) in [6.45, 7) is -2.30. The van der Waals surface area contributed by atoms with Crippen LogP contribution >= 0.6 is 11.6 Å². The number of hydrogen-bond acceptors (Lipinski definition) is 6. The van der Waals surface area contributed by atoms with Crippen LogP contribution in [0.1, 0.15) is 5.56 Å². The van der Waals surface area contributed by atoms with Crippen molar-refractivity contribution in [2.75, 3.05) is 19.0 Å². The maximum atomic E-state index is 12.2. The number of nitrogens with zero attached hydrogens (tertiary/aromatic N) is 3. The van der Waals surface area contributed by atoms with Crippen LogP contribution in [0.3, 0.4) is 0 Å². The molecule has 3 rings (SSSR count). The van der Waals surface area contributed by atoms with Crippen LogP contribution in [0.25, 0.3) is 11.4 Å². The highest BCUT2D eigenvalue weighted by molar-refractivity contribution is 6.30. The summed E-state index contributed by atoms with van der Waals surface area (Å²) in [5, 5.41) is 3.74. The first-order valence-electron chi connectivity index (χ1n) is 8.37. The van der Waals surface area contributed by atoms with Gasteiger partial charge < -0.3 is 14.8 Å². The third-order valence-corrected chi connectivity index (χ3v) is 4.00. The molecule has 3 aromatic rings. The highest BCUT2D eigenvalue weighted by Crippen LogP contribution is 2.21. The number of aromatic nitrogens is 3. The van der Waals surface area contributed by atoms with Gasteiger partial charge >= 0.3 is 12.6 Å². The molecule has 2 aromatic carbocycles. The van der Waals surface area contributed by atoms with Crippen molar-refractivity contribution >= 4 is 17.5 Å². The Morgan fingerprint density at radius 2 is 1.71 bits per heavy atom. The Balaban J connectivity index is 1.65. The minimum absolute atomic E-state index is 0.126. The predicted molar refractivity (Wildman–Crippen MR) is 102 cm³/mol. The van der Waals surface area contributed by atoms with Crippen molar-refractivity contribution in [1.29, 1.82) is 0 Å². The number of rotatable bonds is 8. The fourth-order valence-electron chi connectivity index (χ4n) is 2.41. The van der Waals surface area contributed by atoms with Crippen LogP contribution in [0.5, 0.6) is 11.8 Å². The quantitative estimate of drug-likeness (QED) is 0.595. The smallest absolute Gasteiger partial charge is 0.387 e. The van der Waals surface area contributed by atoms with E-state index in [4.69, 9.17) is 16.3 Å². The van der Waals surface area contributed by atoms with Gasteiger partial charge in [-0.1, -0.05) is 23.7 Å². The number of alkyl halides is 2. The van der Waals surface area contributed by atoms with Crippen molar-refractivity contribution in [3.8, 4) is 23.1 Å². The van der Waals surface area contributed by atoms with Gasteiger partial charge in [-0.15, -0.1) is 0 Å². The molecular weight excluding hydrogens is 390 g/mol. The number of anilines is 1. The molecule has 0 spiro atoms. The van der Waals surface area contributed by atoms with Crippen molar-refractivity contribution in [3.63, 3.8) is 0 Å². The van der Waals surface area contributed by atoms with E-state index in [1.807, 2.05) is 12.1 Å². The first kappa shape index (κ1) is 19.8. The minimum atomic E-state index is -2.83. The molecule has 0 saturated carbocycles. The summed E-state index contributed by atoms with van der Waals surface area (Å²) in [6.07, 6.45) is 0.638. The van der Waals surface area contributed by atoms with E-state index in [1.54, 1.807) is 24.3 Å². The monoisotopic (exact) mass is 406 g/mol. The summed E-state index contributed by atoms with van der Waals surface area (Å²) in [5.41, 5.74) is 1.73. The third kappa shape index (κ3) is 5.50. The van der Waals surface area contributed by atoms with E-state index < -0.39 is 6.61 Å². The molecule has 0 radical (unpaired) electrons. The van der Waals surface area contributed by atoms with Gasteiger partial charge in [0, 0.05) is 17.1 Å². The first-order chi connectivity index (χ1) is 13.5. The Labute approximate surface area is 165 Å². The van der Waals surface area contributed by atoms with Crippen LogP contribution in [0.2, 0.25) is 5.02 Å². The average Bonchev–Trinajstić information content (AvgIpc) is 2.69.